The molecule has 1 aliphatic rings. The Hall–Kier alpha value is -3.49. The molecule has 1 aliphatic heterocycles. The average Bonchev–Trinajstić information content (AvgIpc) is 3.36. The van der Waals surface area contributed by atoms with Gasteiger partial charge in [-0.1, -0.05) is 69.3 Å². The van der Waals surface area contributed by atoms with Crippen LogP contribution in [-0.4, -0.2) is 47.4 Å². The normalized spacial score (nSPS) is 19.0. The molecule has 41 heavy (non-hydrogen) atoms. The minimum absolute atomic E-state index is 0.00444. The number of aromatic nitrogens is 1. The summed E-state index contributed by atoms with van der Waals surface area (Å²) < 4.78 is 6.94. The molecule has 4 rings (SSSR count). The summed E-state index contributed by atoms with van der Waals surface area (Å²) in [5, 5.41) is 13.4. The molecule has 2 amide bonds. The molecule has 2 unspecified atom stereocenters. The van der Waals surface area contributed by atoms with Crippen molar-refractivity contribution in [1.82, 2.24) is 15.2 Å². The quantitative estimate of drug-likeness (QED) is 0.261. The molecule has 0 radical (unpaired) electrons. The molecule has 1 fully saturated rings. The number of amides is 2. The molecule has 2 aromatic carbocycles. The Morgan fingerprint density at radius 3 is 2.27 bits per heavy atom. The number of hydrogen-bond acceptors (Lipinski definition) is 4. The van der Waals surface area contributed by atoms with Crippen molar-refractivity contribution in [2.45, 2.75) is 89.3 Å². The lowest BCUT2D eigenvalue weighted by molar-refractivity contribution is 0.0598. The topological polar surface area (TPSA) is 91.8 Å². The van der Waals surface area contributed by atoms with Crippen molar-refractivity contribution in [3.63, 3.8) is 0 Å². The monoisotopic (exact) mass is 573 g/mol. The first-order chi connectivity index (χ1) is 19.4. The van der Waals surface area contributed by atoms with Crippen molar-refractivity contribution in [2.75, 3.05) is 0 Å². The van der Waals surface area contributed by atoms with Crippen molar-refractivity contribution in [1.29, 1.82) is 0 Å². The number of carbonyl (C=O) groups excluding carboxylic acids is 1. The van der Waals surface area contributed by atoms with Crippen LogP contribution in [0.2, 0.25) is 18.1 Å². The van der Waals surface area contributed by atoms with Gasteiger partial charge in [0.15, 0.2) is 8.32 Å². The largest absolute Gasteiger partial charge is 0.465 e. The molecule has 0 spiro atoms. The average molecular weight is 574 g/mol. The Morgan fingerprint density at radius 1 is 1.02 bits per heavy atom. The number of rotatable bonds is 9. The smallest absolute Gasteiger partial charge is 0.407 e. The lowest BCUT2D eigenvalue weighted by Gasteiger charge is -2.42. The van der Waals surface area contributed by atoms with Gasteiger partial charge in [-0.05, 0) is 79.7 Å². The van der Waals surface area contributed by atoms with E-state index in [2.05, 4.69) is 44.2 Å². The van der Waals surface area contributed by atoms with Gasteiger partial charge in [0.25, 0.3) is 5.91 Å². The van der Waals surface area contributed by atoms with Crippen LogP contribution < -0.4 is 5.32 Å². The first-order valence-electron chi connectivity index (χ1n) is 14.4. The Morgan fingerprint density at radius 2 is 1.68 bits per heavy atom. The lowest BCUT2D eigenvalue weighted by Crippen LogP contribution is -2.49. The number of likely N-dealkylation sites (tertiary alicyclic amines) is 1. The minimum Gasteiger partial charge on any atom is -0.465 e. The van der Waals surface area contributed by atoms with E-state index in [1.165, 1.54) is 0 Å². The van der Waals surface area contributed by atoms with Gasteiger partial charge in [0.1, 0.15) is 0 Å². The highest BCUT2D eigenvalue weighted by atomic mass is 28.4. The molecule has 8 heteroatoms. The van der Waals surface area contributed by atoms with Gasteiger partial charge in [0, 0.05) is 17.8 Å². The summed E-state index contributed by atoms with van der Waals surface area (Å²) in [5.41, 5.74) is 3.37. The molecule has 4 atom stereocenters. The fourth-order valence-corrected chi connectivity index (χ4v) is 6.55. The van der Waals surface area contributed by atoms with E-state index < -0.39 is 14.4 Å². The number of carboxylic acid groups (broad SMARTS) is 1. The van der Waals surface area contributed by atoms with Crippen LogP contribution in [0.1, 0.15) is 79.9 Å². The maximum absolute atomic E-state index is 12.8. The number of nitrogens with one attached hydrogen (secondary N) is 1. The van der Waals surface area contributed by atoms with Crippen molar-refractivity contribution in [2.24, 2.45) is 0 Å². The summed E-state index contributed by atoms with van der Waals surface area (Å²) in [6, 6.07) is 22.5. The van der Waals surface area contributed by atoms with Crippen molar-refractivity contribution < 1.29 is 19.1 Å². The molecular weight excluding hydrogens is 530 g/mol. The van der Waals surface area contributed by atoms with Gasteiger partial charge < -0.3 is 14.8 Å². The van der Waals surface area contributed by atoms with Crippen LogP contribution in [0.3, 0.4) is 0 Å². The standard InChI is InChI=1S/C33H43N3O4Si/c1-23(28-14-10-11-21-34-28)35-31(37)26-17-15-24(16-18-26)22-27-19-20-29(36(27)32(38)39)30(25-12-8-7-9-13-25)40-41(5,6)33(2,3)4/h7-18,21,23,27,29-30H,19-20,22H2,1-6H3,(H,35,37)(H,38,39)/t23?,27-,29+,30?/m0/s1. The van der Waals surface area contributed by atoms with Gasteiger partial charge in [0.2, 0.25) is 0 Å². The van der Waals surface area contributed by atoms with Crippen LogP contribution in [0.15, 0.2) is 79.0 Å². The summed E-state index contributed by atoms with van der Waals surface area (Å²) >= 11 is 0. The fraction of sp³-hybridized carbons (Fsp3) is 0.424. The van der Waals surface area contributed by atoms with Gasteiger partial charge in [-0.2, -0.15) is 0 Å². The van der Waals surface area contributed by atoms with Crippen LogP contribution in [0.25, 0.3) is 0 Å². The predicted octanol–water partition coefficient (Wildman–Crippen LogP) is 7.39. The molecule has 1 aromatic heterocycles. The molecule has 0 saturated carbocycles. The van der Waals surface area contributed by atoms with Crippen LogP contribution in [0.4, 0.5) is 4.79 Å². The van der Waals surface area contributed by atoms with E-state index in [4.69, 9.17) is 4.43 Å². The summed E-state index contributed by atoms with van der Waals surface area (Å²) in [7, 11) is -2.19. The summed E-state index contributed by atoms with van der Waals surface area (Å²) in [6.45, 7) is 13.0. The second kappa shape index (κ2) is 12.6. The van der Waals surface area contributed by atoms with Crippen LogP contribution in [0.5, 0.6) is 0 Å². The number of nitrogens with zero attached hydrogens (tertiary/aromatic N) is 2. The zero-order valence-corrected chi connectivity index (χ0v) is 26.0. The number of benzene rings is 2. The van der Waals surface area contributed by atoms with Gasteiger partial charge in [0.05, 0.1) is 23.9 Å². The lowest BCUT2D eigenvalue weighted by atomic mass is 10.0. The van der Waals surface area contributed by atoms with Gasteiger partial charge in [-0.3, -0.25) is 14.7 Å². The SMILES string of the molecule is CC(NC(=O)c1ccc(C[C@@H]2CC[C@H](C(O[Si](C)(C)C(C)(C)C)c3ccccc3)N2C(=O)O)cc1)c1ccccn1. The second-order valence-corrected chi connectivity index (χ2v) is 17.3. The zero-order valence-electron chi connectivity index (χ0n) is 25.0. The summed E-state index contributed by atoms with van der Waals surface area (Å²) in [5.74, 6) is -0.170. The fourth-order valence-electron chi connectivity index (χ4n) is 5.26. The molecule has 2 N–H and O–H groups in total. The van der Waals surface area contributed by atoms with E-state index in [0.29, 0.717) is 12.0 Å². The van der Waals surface area contributed by atoms with E-state index in [-0.39, 0.29) is 35.2 Å². The minimum atomic E-state index is -2.19. The number of hydrogen-bond donors (Lipinski definition) is 2. The molecule has 0 bridgehead atoms. The number of carbonyl (C=O) groups is 2. The Balaban J connectivity index is 1.49. The van der Waals surface area contributed by atoms with Gasteiger partial charge in [-0.15, -0.1) is 0 Å². The van der Waals surface area contributed by atoms with E-state index in [1.807, 2.05) is 67.6 Å². The highest BCUT2D eigenvalue weighted by Gasteiger charge is 2.46. The predicted molar refractivity (Wildman–Crippen MR) is 164 cm³/mol. The molecule has 1 saturated heterocycles. The molecule has 218 valence electrons. The third-order valence-corrected chi connectivity index (χ3v) is 13.1. The molecule has 2 heterocycles. The maximum Gasteiger partial charge on any atom is 0.407 e. The third kappa shape index (κ3) is 7.24. The highest BCUT2D eigenvalue weighted by Crippen LogP contribution is 2.44. The van der Waals surface area contributed by atoms with E-state index >= 15 is 0 Å². The third-order valence-electron chi connectivity index (χ3n) is 8.64. The Labute approximate surface area is 245 Å². The molecule has 0 aliphatic carbocycles. The van der Waals surface area contributed by atoms with E-state index in [9.17, 15) is 14.7 Å². The molecular formula is C33H43N3O4Si. The summed E-state index contributed by atoms with van der Waals surface area (Å²) in [6.07, 6.45) is 2.53. The van der Waals surface area contributed by atoms with Crippen molar-refractivity contribution >= 4 is 20.3 Å². The van der Waals surface area contributed by atoms with Crippen LogP contribution in [0, 0.1) is 0 Å². The Bertz CT molecular complexity index is 1310. The first kappa shape index (κ1) is 30.5. The maximum atomic E-state index is 12.8. The van der Waals surface area contributed by atoms with E-state index in [0.717, 1.165) is 29.7 Å². The number of pyridine rings is 1. The van der Waals surface area contributed by atoms with Crippen LogP contribution >= 0.6 is 0 Å². The van der Waals surface area contributed by atoms with Crippen molar-refractivity contribution in [3.05, 3.63) is 101 Å². The first-order valence-corrected chi connectivity index (χ1v) is 17.3. The van der Waals surface area contributed by atoms with Crippen molar-refractivity contribution in [3.8, 4) is 0 Å². The molecule has 7 nitrogen and oxygen atoms in total. The summed E-state index contributed by atoms with van der Waals surface area (Å²) in [4.78, 5) is 31.5. The molecule has 3 aromatic rings. The second-order valence-electron chi connectivity index (χ2n) is 12.5. The zero-order chi connectivity index (χ0) is 29.8. The van der Waals surface area contributed by atoms with Crippen LogP contribution in [-0.2, 0) is 10.8 Å². The van der Waals surface area contributed by atoms with Gasteiger partial charge >= 0.3 is 6.09 Å². The Kier molecular flexibility index (Phi) is 9.34. The highest BCUT2D eigenvalue weighted by molar-refractivity contribution is 6.74. The van der Waals surface area contributed by atoms with Gasteiger partial charge in [-0.25, -0.2) is 4.79 Å². The van der Waals surface area contributed by atoms with E-state index in [1.54, 1.807) is 23.2 Å².